The van der Waals surface area contributed by atoms with E-state index < -0.39 is 0 Å². The van der Waals surface area contributed by atoms with Crippen molar-refractivity contribution in [3.8, 4) is 0 Å². The van der Waals surface area contributed by atoms with Crippen LogP contribution in [0.4, 0.5) is 11.7 Å². The molecule has 29 heavy (non-hydrogen) atoms. The normalized spacial score (nSPS) is 16.2. The zero-order valence-electron chi connectivity index (χ0n) is 15.9. The van der Waals surface area contributed by atoms with Crippen molar-refractivity contribution in [1.82, 2.24) is 10.2 Å². The molecule has 7 nitrogen and oxygen atoms in total. The molecule has 0 radical (unpaired) electrons. The van der Waals surface area contributed by atoms with Crippen LogP contribution in [0.3, 0.4) is 0 Å². The number of benzene rings is 2. The molecule has 8 heteroatoms. The van der Waals surface area contributed by atoms with E-state index >= 15 is 0 Å². The van der Waals surface area contributed by atoms with Gasteiger partial charge in [0.05, 0.1) is 11.7 Å². The number of rotatable bonds is 6. The Kier molecular flexibility index (Phi) is 5.62. The number of aromatic nitrogens is 2. The third-order valence-electron chi connectivity index (χ3n) is 4.62. The van der Waals surface area contributed by atoms with E-state index in [2.05, 4.69) is 15.5 Å². The van der Waals surface area contributed by atoms with E-state index in [-0.39, 0.29) is 29.5 Å². The van der Waals surface area contributed by atoms with E-state index in [1.54, 1.807) is 4.90 Å². The fraction of sp³-hybridized carbons (Fsp3) is 0.238. The minimum Gasteiger partial charge on any atom is -0.407 e. The smallest absolute Gasteiger partial charge is 0.322 e. The van der Waals surface area contributed by atoms with Crippen molar-refractivity contribution < 1.29 is 14.0 Å². The molecule has 0 aliphatic carbocycles. The second kappa shape index (κ2) is 8.48. The van der Waals surface area contributed by atoms with Gasteiger partial charge < -0.3 is 9.32 Å². The summed E-state index contributed by atoms with van der Waals surface area (Å²) in [5, 5.41) is 10.6. The van der Waals surface area contributed by atoms with Crippen molar-refractivity contribution in [3.05, 3.63) is 66.1 Å². The number of hydrogen-bond donors (Lipinski definition) is 1. The van der Waals surface area contributed by atoms with Crippen LogP contribution in [0.15, 0.2) is 63.9 Å². The van der Waals surface area contributed by atoms with Crippen LogP contribution < -0.4 is 10.2 Å². The van der Waals surface area contributed by atoms with Crippen molar-refractivity contribution in [3.63, 3.8) is 0 Å². The highest BCUT2D eigenvalue weighted by Crippen LogP contribution is 2.31. The van der Waals surface area contributed by atoms with Gasteiger partial charge in [-0.05, 0) is 31.2 Å². The fourth-order valence-corrected chi connectivity index (χ4v) is 3.82. The van der Waals surface area contributed by atoms with Crippen LogP contribution in [0.2, 0.25) is 0 Å². The first-order valence-electron chi connectivity index (χ1n) is 9.26. The summed E-state index contributed by atoms with van der Waals surface area (Å²) in [5.74, 6) is 0.199. The third-order valence-corrected chi connectivity index (χ3v) is 5.63. The maximum Gasteiger partial charge on any atom is 0.322 e. The number of aryl methyl sites for hydroxylation is 1. The number of nitrogens with one attached hydrogen (secondary N) is 1. The molecule has 2 amide bonds. The first-order valence-corrected chi connectivity index (χ1v) is 10.2. The highest BCUT2D eigenvalue weighted by atomic mass is 32.2. The Morgan fingerprint density at radius 2 is 1.93 bits per heavy atom. The highest BCUT2D eigenvalue weighted by Gasteiger charge is 2.35. The largest absolute Gasteiger partial charge is 0.407 e. The summed E-state index contributed by atoms with van der Waals surface area (Å²) in [4.78, 5) is 27.2. The number of anilines is 2. The number of carbonyl (C=O) groups excluding carboxylic acids is 2. The fourth-order valence-electron chi connectivity index (χ4n) is 3.12. The van der Waals surface area contributed by atoms with Gasteiger partial charge in [0.1, 0.15) is 0 Å². The van der Waals surface area contributed by atoms with Crippen molar-refractivity contribution in [2.24, 2.45) is 0 Å². The van der Waals surface area contributed by atoms with Crippen molar-refractivity contribution in [1.29, 1.82) is 0 Å². The molecule has 1 aliphatic rings. The highest BCUT2D eigenvalue weighted by molar-refractivity contribution is 8.00. The van der Waals surface area contributed by atoms with Gasteiger partial charge >= 0.3 is 6.01 Å². The summed E-state index contributed by atoms with van der Waals surface area (Å²) in [6, 6.07) is 17.5. The van der Waals surface area contributed by atoms with Gasteiger partial charge in [0.15, 0.2) is 0 Å². The number of hydrogen-bond acceptors (Lipinski definition) is 6. The average Bonchev–Trinajstić information content (AvgIpc) is 3.35. The Hall–Kier alpha value is -3.13. The molecule has 1 fully saturated rings. The molecule has 148 valence electrons. The molecule has 3 aromatic rings. The van der Waals surface area contributed by atoms with Crippen LogP contribution in [0.5, 0.6) is 0 Å². The zero-order valence-corrected chi connectivity index (χ0v) is 16.7. The molecule has 1 unspecified atom stereocenters. The standard InChI is InChI=1S/C21H20N4O3S/c1-14-7-9-17(10-8-14)29-13-18(26)22-21-24-23-20(28-21)15-11-19(27)25(12-15)16-5-3-2-4-6-16/h2-10,15H,11-13H2,1H3,(H,22,24,26). The Labute approximate surface area is 172 Å². The second-order valence-corrected chi connectivity index (χ2v) is 7.89. The molecule has 1 aliphatic heterocycles. The SMILES string of the molecule is Cc1ccc(SCC(=O)Nc2nnc(C3CC(=O)N(c4ccccc4)C3)o2)cc1. The summed E-state index contributed by atoms with van der Waals surface area (Å²) in [7, 11) is 0. The Balaban J connectivity index is 1.33. The Bertz CT molecular complexity index is 1000. The quantitative estimate of drug-likeness (QED) is 0.627. The first kappa shape index (κ1) is 19.2. The van der Waals surface area contributed by atoms with Crippen molar-refractivity contribution in [2.45, 2.75) is 24.2 Å². The monoisotopic (exact) mass is 408 g/mol. The van der Waals surface area contributed by atoms with Crippen LogP contribution in [-0.4, -0.2) is 34.3 Å². The number of carbonyl (C=O) groups is 2. The zero-order chi connectivity index (χ0) is 20.2. The van der Waals surface area contributed by atoms with E-state index in [1.165, 1.54) is 17.3 Å². The van der Waals surface area contributed by atoms with Crippen LogP contribution in [0.25, 0.3) is 0 Å². The summed E-state index contributed by atoms with van der Waals surface area (Å²) in [6.45, 7) is 2.49. The predicted octanol–water partition coefficient (Wildman–Crippen LogP) is 3.63. The molecule has 2 aromatic carbocycles. The maximum atomic E-state index is 12.3. The maximum absolute atomic E-state index is 12.3. The first-order chi connectivity index (χ1) is 14.1. The molecule has 1 aromatic heterocycles. The topological polar surface area (TPSA) is 88.3 Å². The molecular weight excluding hydrogens is 388 g/mol. The summed E-state index contributed by atoms with van der Waals surface area (Å²) in [6.07, 6.45) is 0.299. The van der Waals surface area contributed by atoms with Gasteiger partial charge in [-0.15, -0.1) is 16.9 Å². The molecule has 0 spiro atoms. The third kappa shape index (κ3) is 4.65. The minimum atomic E-state index is -0.223. The molecule has 4 rings (SSSR count). The lowest BCUT2D eigenvalue weighted by atomic mass is 10.1. The Morgan fingerprint density at radius 3 is 2.69 bits per heavy atom. The molecule has 2 heterocycles. The van der Waals surface area contributed by atoms with Gasteiger partial charge in [0, 0.05) is 23.5 Å². The summed E-state index contributed by atoms with van der Waals surface area (Å²) in [5.41, 5.74) is 2.02. The van der Waals surface area contributed by atoms with E-state index in [0.717, 1.165) is 10.6 Å². The lowest BCUT2D eigenvalue weighted by Crippen LogP contribution is -2.24. The van der Waals surface area contributed by atoms with Crippen LogP contribution in [0.1, 0.15) is 23.8 Å². The van der Waals surface area contributed by atoms with Gasteiger partial charge in [0.2, 0.25) is 17.7 Å². The lowest BCUT2D eigenvalue weighted by Gasteiger charge is -2.15. The van der Waals surface area contributed by atoms with Crippen LogP contribution in [0, 0.1) is 6.92 Å². The van der Waals surface area contributed by atoms with Crippen molar-refractivity contribution in [2.75, 3.05) is 22.5 Å². The Morgan fingerprint density at radius 1 is 1.17 bits per heavy atom. The van der Waals surface area contributed by atoms with E-state index in [0.29, 0.717) is 18.9 Å². The number of thioether (sulfide) groups is 1. The summed E-state index contributed by atoms with van der Waals surface area (Å²) >= 11 is 1.43. The van der Waals surface area contributed by atoms with E-state index in [1.807, 2.05) is 61.5 Å². The molecule has 1 atom stereocenters. The van der Waals surface area contributed by atoms with Crippen LogP contribution >= 0.6 is 11.8 Å². The number of nitrogens with zero attached hydrogens (tertiary/aromatic N) is 3. The molecule has 0 saturated carbocycles. The van der Waals surface area contributed by atoms with Gasteiger partial charge in [-0.3, -0.25) is 14.9 Å². The number of para-hydroxylation sites is 1. The van der Waals surface area contributed by atoms with Gasteiger partial charge in [0.25, 0.3) is 0 Å². The summed E-state index contributed by atoms with van der Waals surface area (Å²) < 4.78 is 5.60. The average molecular weight is 408 g/mol. The predicted molar refractivity (Wildman–Crippen MR) is 111 cm³/mol. The van der Waals surface area contributed by atoms with Crippen LogP contribution in [-0.2, 0) is 9.59 Å². The lowest BCUT2D eigenvalue weighted by molar-refractivity contribution is -0.117. The molecule has 1 saturated heterocycles. The van der Waals surface area contributed by atoms with Gasteiger partial charge in [-0.2, -0.15) is 0 Å². The van der Waals surface area contributed by atoms with Gasteiger partial charge in [-0.25, -0.2) is 0 Å². The van der Waals surface area contributed by atoms with E-state index in [9.17, 15) is 9.59 Å². The molecule has 0 bridgehead atoms. The minimum absolute atomic E-state index is 0.0134. The second-order valence-electron chi connectivity index (χ2n) is 6.84. The molecular formula is C21H20N4O3S. The number of amides is 2. The molecule has 1 N–H and O–H groups in total. The van der Waals surface area contributed by atoms with E-state index in [4.69, 9.17) is 4.42 Å². The van der Waals surface area contributed by atoms with Crippen molar-refractivity contribution >= 4 is 35.3 Å². The van der Waals surface area contributed by atoms with Gasteiger partial charge in [-0.1, -0.05) is 41.0 Å².